The number of fused-ring (bicyclic) bond motifs is 2. The van der Waals surface area contributed by atoms with Gasteiger partial charge in [0, 0.05) is 23.7 Å². The van der Waals surface area contributed by atoms with Gasteiger partial charge in [-0.3, -0.25) is 0 Å². The van der Waals surface area contributed by atoms with Crippen molar-refractivity contribution in [2.75, 3.05) is 72.7 Å². The molecule has 6 fully saturated rings. The Bertz CT molecular complexity index is 1340. The van der Waals surface area contributed by atoms with Crippen LogP contribution in [-0.2, 0) is 38.0 Å². The maximum atomic E-state index is 15.9. The average molecular weight is 789 g/mol. The van der Waals surface area contributed by atoms with Gasteiger partial charge in [0.25, 0.3) is 5.92 Å². The standard InChI is InChI=1S/C42H70F2O11/c1-35(2)34-29(54-32(47)26-53-23-22-52-21-20-51-19-18-50-17-16-49-15-14-45)24-30-38(6)25-28(46)33(39(7)9-8-31(55-39)36(3,4)48)37(38,5)10-11-40(30)27-41(34,40)12-13-42(35,43)44/h28-31,33-34,45-46,48H,8-27H2,1-7H3/t28-,29-,30-,31?,33-,34-,37+,38-,39-,40-,41+/m0/s1. The number of aliphatic hydroxyl groups excluding tert-OH is 2. The first-order valence-corrected chi connectivity index (χ1v) is 20.9. The van der Waals surface area contributed by atoms with Crippen LogP contribution in [0.25, 0.3) is 0 Å². The van der Waals surface area contributed by atoms with Gasteiger partial charge < -0.3 is 48.5 Å². The summed E-state index contributed by atoms with van der Waals surface area (Å²) >= 11 is 0. The highest BCUT2D eigenvalue weighted by atomic mass is 19.3. The lowest BCUT2D eigenvalue weighted by Crippen LogP contribution is -2.64. The van der Waals surface area contributed by atoms with Crippen LogP contribution in [0.4, 0.5) is 8.78 Å². The van der Waals surface area contributed by atoms with Crippen LogP contribution in [0.3, 0.4) is 0 Å². The molecule has 0 aromatic heterocycles. The lowest BCUT2D eigenvalue weighted by molar-refractivity contribution is -0.252. The van der Waals surface area contributed by atoms with Gasteiger partial charge in [0.2, 0.25) is 0 Å². The molecule has 1 heterocycles. The SMILES string of the molecule is CC(C)(O)C1CC[C@@](C)([C@H]2[C@@H](O)C[C@@]3(C)[C@@H]4C[C@H](OC(=O)COCCOCCOCCOCCOCCO)[C@H]5C(C)(C)C(F)(F)CC[C@@]56C[C@@]46CC[C@]23C)O1. The van der Waals surface area contributed by atoms with Crippen molar-refractivity contribution in [3.63, 3.8) is 0 Å². The molecule has 6 rings (SSSR count). The summed E-state index contributed by atoms with van der Waals surface area (Å²) in [5.41, 5.74) is -4.09. The van der Waals surface area contributed by atoms with E-state index in [-0.39, 0.29) is 72.4 Å². The van der Waals surface area contributed by atoms with Gasteiger partial charge in [-0.05, 0) is 99.7 Å². The van der Waals surface area contributed by atoms with Crippen LogP contribution >= 0.6 is 0 Å². The van der Waals surface area contributed by atoms with E-state index >= 15 is 8.78 Å². The predicted octanol–water partition coefficient (Wildman–Crippen LogP) is 5.34. The molecule has 1 saturated heterocycles. The molecular formula is C42H70F2O11. The van der Waals surface area contributed by atoms with E-state index in [1.165, 1.54) is 0 Å². The zero-order valence-corrected chi connectivity index (χ0v) is 34.5. The fourth-order valence-electron chi connectivity index (χ4n) is 13.4. The normalized spacial score (nSPS) is 42.6. The van der Waals surface area contributed by atoms with Gasteiger partial charge in [-0.25, -0.2) is 13.6 Å². The number of hydrogen-bond donors (Lipinski definition) is 3. The minimum Gasteiger partial charge on any atom is -0.460 e. The van der Waals surface area contributed by atoms with E-state index < -0.39 is 46.6 Å². The summed E-state index contributed by atoms with van der Waals surface area (Å²) < 4.78 is 72.0. The number of esters is 1. The van der Waals surface area contributed by atoms with E-state index in [4.69, 9.17) is 38.3 Å². The number of ether oxygens (including phenoxy) is 7. The maximum Gasteiger partial charge on any atom is 0.332 e. The third-order valence-electron chi connectivity index (χ3n) is 16.1. The van der Waals surface area contributed by atoms with E-state index in [9.17, 15) is 15.0 Å². The van der Waals surface area contributed by atoms with Gasteiger partial charge in [-0.1, -0.05) is 27.7 Å². The predicted molar refractivity (Wildman–Crippen MR) is 198 cm³/mol. The van der Waals surface area contributed by atoms with Crippen LogP contribution < -0.4 is 0 Å². The topological polar surface area (TPSA) is 142 Å². The van der Waals surface area contributed by atoms with Crippen LogP contribution in [0.5, 0.6) is 0 Å². The fraction of sp³-hybridized carbons (Fsp3) is 0.976. The van der Waals surface area contributed by atoms with Gasteiger partial charge in [0.05, 0.1) is 89.5 Å². The Hall–Kier alpha value is -1.03. The fourth-order valence-corrected chi connectivity index (χ4v) is 13.4. The second-order valence-corrected chi connectivity index (χ2v) is 19.6. The van der Waals surface area contributed by atoms with Crippen molar-refractivity contribution in [1.29, 1.82) is 0 Å². The highest BCUT2D eigenvalue weighted by molar-refractivity contribution is 5.71. The Morgan fingerprint density at radius 3 is 1.89 bits per heavy atom. The summed E-state index contributed by atoms with van der Waals surface area (Å²) in [4.78, 5) is 13.5. The molecule has 318 valence electrons. The third-order valence-corrected chi connectivity index (χ3v) is 16.1. The maximum absolute atomic E-state index is 15.9. The number of carbonyl (C=O) groups is 1. The van der Waals surface area contributed by atoms with E-state index in [0.717, 1.165) is 32.1 Å². The number of hydrogen-bond acceptors (Lipinski definition) is 11. The Morgan fingerprint density at radius 1 is 0.764 bits per heavy atom. The van der Waals surface area contributed by atoms with Crippen molar-refractivity contribution < 1.29 is 62.1 Å². The van der Waals surface area contributed by atoms with E-state index in [1.54, 1.807) is 27.7 Å². The van der Waals surface area contributed by atoms with Crippen molar-refractivity contribution >= 4 is 5.97 Å². The molecule has 3 N–H and O–H groups in total. The molecule has 11 atom stereocenters. The first kappa shape index (κ1) is 43.5. The molecule has 0 amide bonds. The molecule has 55 heavy (non-hydrogen) atoms. The van der Waals surface area contributed by atoms with E-state index in [1.807, 2.05) is 0 Å². The Kier molecular flexibility index (Phi) is 12.6. The quantitative estimate of drug-likeness (QED) is 0.115. The summed E-state index contributed by atoms with van der Waals surface area (Å²) in [7, 11) is 0. The summed E-state index contributed by atoms with van der Waals surface area (Å²) in [6.45, 7) is 16.5. The molecule has 0 aromatic rings. The zero-order valence-electron chi connectivity index (χ0n) is 34.5. The van der Waals surface area contributed by atoms with Crippen LogP contribution in [0, 0.1) is 44.8 Å². The van der Waals surface area contributed by atoms with E-state index in [2.05, 4.69) is 20.8 Å². The van der Waals surface area contributed by atoms with Crippen LogP contribution in [-0.4, -0.2) is 129 Å². The molecule has 5 aliphatic carbocycles. The molecule has 0 radical (unpaired) electrons. The van der Waals surface area contributed by atoms with Gasteiger partial charge in [-0.15, -0.1) is 0 Å². The monoisotopic (exact) mass is 788 g/mol. The number of alkyl halides is 2. The Morgan fingerprint density at radius 2 is 1.33 bits per heavy atom. The lowest BCUT2D eigenvalue weighted by atomic mass is 9.41. The lowest BCUT2D eigenvalue weighted by Gasteiger charge is -2.65. The molecule has 6 aliphatic rings. The first-order chi connectivity index (χ1) is 25.7. The number of rotatable bonds is 19. The molecule has 1 aliphatic heterocycles. The van der Waals surface area contributed by atoms with Crippen LogP contribution in [0.2, 0.25) is 0 Å². The minimum atomic E-state index is -2.89. The van der Waals surface area contributed by atoms with Gasteiger partial charge >= 0.3 is 5.97 Å². The van der Waals surface area contributed by atoms with Crippen LogP contribution in [0.1, 0.15) is 106 Å². The molecule has 2 spiro atoms. The Labute approximate surface area is 326 Å². The first-order valence-electron chi connectivity index (χ1n) is 20.9. The summed E-state index contributed by atoms with van der Waals surface area (Å²) in [5, 5.41) is 31.6. The van der Waals surface area contributed by atoms with Crippen molar-refractivity contribution in [2.45, 2.75) is 142 Å². The molecular weight excluding hydrogens is 718 g/mol. The largest absolute Gasteiger partial charge is 0.460 e. The highest BCUT2D eigenvalue weighted by Crippen LogP contribution is 2.90. The van der Waals surface area contributed by atoms with Gasteiger partial charge in [0.1, 0.15) is 12.7 Å². The second kappa shape index (κ2) is 15.9. The number of carbonyl (C=O) groups excluding carboxylic acids is 1. The second-order valence-electron chi connectivity index (χ2n) is 19.6. The average Bonchev–Trinajstić information content (AvgIpc) is 3.47. The molecule has 0 aromatic carbocycles. The van der Waals surface area contributed by atoms with E-state index in [0.29, 0.717) is 65.5 Å². The molecule has 11 nitrogen and oxygen atoms in total. The smallest absolute Gasteiger partial charge is 0.332 e. The summed E-state index contributed by atoms with van der Waals surface area (Å²) in [5.74, 6) is -4.01. The highest BCUT2D eigenvalue weighted by Gasteiger charge is 2.86. The van der Waals surface area contributed by atoms with Crippen molar-refractivity contribution in [3.8, 4) is 0 Å². The minimum absolute atomic E-state index is 0.0139. The molecule has 5 saturated carbocycles. The van der Waals surface area contributed by atoms with Gasteiger partial charge in [0.15, 0.2) is 0 Å². The van der Waals surface area contributed by atoms with Crippen molar-refractivity contribution in [3.05, 3.63) is 0 Å². The van der Waals surface area contributed by atoms with Crippen molar-refractivity contribution in [2.24, 2.45) is 44.8 Å². The summed E-state index contributed by atoms with van der Waals surface area (Å²) in [6.07, 6.45) is 3.79. The third kappa shape index (κ3) is 7.55. The number of halogens is 2. The Balaban J connectivity index is 1.08. The molecule has 1 unspecified atom stereocenters. The summed E-state index contributed by atoms with van der Waals surface area (Å²) in [6, 6.07) is 0. The van der Waals surface area contributed by atoms with Crippen LogP contribution in [0.15, 0.2) is 0 Å². The zero-order chi connectivity index (χ0) is 40.1. The number of aliphatic hydroxyl groups is 3. The van der Waals surface area contributed by atoms with Gasteiger partial charge in [-0.2, -0.15) is 0 Å². The molecule has 0 bridgehead atoms. The van der Waals surface area contributed by atoms with Crippen molar-refractivity contribution in [1.82, 2.24) is 0 Å². The molecule has 13 heteroatoms.